The van der Waals surface area contributed by atoms with Crippen molar-refractivity contribution in [2.45, 2.75) is 6.04 Å². The van der Waals surface area contributed by atoms with Gasteiger partial charge in [-0.25, -0.2) is 15.1 Å². The number of amides is 1. The number of carbonyl (C=O) groups excluding carboxylic acids is 1. The van der Waals surface area contributed by atoms with Gasteiger partial charge in [-0.05, 0) is 18.2 Å². The summed E-state index contributed by atoms with van der Waals surface area (Å²) in [6, 6.07) is 7.38. The number of fused-ring (bicyclic) bond motifs is 1. The lowest BCUT2D eigenvalue weighted by Gasteiger charge is -2.08. The van der Waals surface area contributed by atoms with Crippen molar-refractivity contribution in [3.63, 3.8) is 0 Å². The minimum atomic E-state index is -0.642. The number of nitrogens with one attached hydrogen (secondary N) is 2. The molecule has 0 bridgehead atoms. The van der Waals surface area contributed by atoms with Crippen molar-refractivity contribution in [3.05, 3.63) is 60.7 Å². The molecule has 1 atom stereocenters. The second-order valence-electron chi connectivity index (χ2n) is 4.75. The monoisotopic (exact) mass is 310 g/mol. The normalized spacial score (nSPS) is 12.6. The van der Waals surface area contributed by atoms with Crippen molar-refractivity contribution >= 4 is 23.0 Å². The van der Waals surface area contributed by atoms with E-state index < -0.39 is 5.91 Å². The Kier molecular flexibility index (Phi) is 3.98. The quantitative estimate of drug-likeness (QED) is 0.286. The maximum Gasteiger partial charge on any atom is 0.267 e. The molecule has 0 fully saturated rings. The Morgan fingerprint density at radius 2 is 2.26 bits per heavy atom. The molecule has 1 amide bonds. The number of nitrogens with zero attached hydrogens (tertiary/aromatic N) is 4. The lowest BCUT2D eigenvalue weighted by molar-refractivity contribution is -0.124. The van der Waals surface area contributed by atoms with Gasteiger partial charge in [-0.15, -0.1) is 11.7 Å². The smallest absolute Gasteiger partial charge is 0.267 e. The van der Waals surface area contributed by atoms with E-state index in [0.29, 0.717) is 11.5 Å². The molecule has 0 spiro atoms. The molecule has 0 aliphatic rings. The number of rotatable bonds is 5. The topological polar surface area (TPSA) is 109 Å². The van der Waals surface area contributed by atoms with Crippen molar-refractivity contribution in [2.75, 3.05) is 0 Å². The van der Waals surface area contributed by atoms with Crippen molar-refractivity contribution < 1.29 is 10.0 Å². The molecule has 2 aromatic heterocycles. The van der Waals surface area contributed by atoms with Crippen molar-refractivity contribution in [2.24, 2.45) is 0 Å². The molecular weight excluding hydrogens is 296 g/mol. The molecule has 3 N–H and O–H groups in total. The molecule has 2 heterocycles. The minimum absolute atomic E-state index is 0.316. The van der Waals surface area contributed by atoms with Crippen LogP contribution in [0.15, 0.2) is 49.2 Å². The van der Waals surface area contributed by atoms with Crippen LogP contribution < -0.4 is 5.48 Å². The maximum atomic E-state index is 11.0. The highest BCUT2D eigenvalue weighted by atomic mass is 16.5. The number of hydroxylamine groups is 1. The van der Waals surface area contributed by atoms with Crippen molar-refractivity contribution in [1.29, 1.82) is 0 Å². The molecule has 0 aliphatic heterocycles. The van der Waals surface area contributed by atoms with E-state index in [2.05, 4.69) is 26.9 Å². The number of aromatic amines is 1. The van der Waals surface area contributed by atoms with Crippen LogP contribution in [0, 0.1) is 0 Å². The number of allylic oxidation sites excluding steroid dienone is 1. The van der Waals surface area contributed by atoms with Gasteiger partial charge in [-0.3, -0.25) is 10.0 Å². The van der Waals surface area contributed by atoms with E-state index in [1.165, 1.54) is 11.6 Å². The van der Waals surface area contributed by atoms with E-state index >= 15 is 0 Å². The predicted octanol–water partition coefficient (Wildman–Crippen LogP) is 1.45. The van der Waals surface area contributed by atoms with E-state index in [1.54, 1.807) is 17.0 Å². The Balaban J connectivity index is 1.89. The predicted molar refractivity (Wildman–Crippen MR) is 83.4 cm³/mol. The van der Waals surface area contributed by atoms with Gasteiger partial charge in [-0.2, -0.15) is 0 Å². The van der Waals surface area contributed by atoms with E-state index in [4.69, 9.17) is 5.21 Å². The van der Waals surface area contributed by atoms with Gasteiger partial charge in [0.1, 0.15) is 17.6 Å². The summed E-state index contributed by atoms with van der Waals surface area (Å²) in [5.74, 6) is 0.0480. The molecule has 8 heteroatoms. The van der Waals surface area contributed by atoms with Crippen LogP contribution in [0.25, 0.3) is 17.1 Å². The Hall–Kier alpha value is -3.26. The number of hydrogen-bond acceptors (Lipinski definition) is 5. The van der Waals surface area contributed by atoms with Crippen LogP contribution in [0.2, 0.25) is 0 Å². The third kappa shape index (κ3) is 3.01. The lowest BCUT2D eigenvalue weighted by atomic mass is 10.3. The maximum absolute atomic E-state index is 11.0. The third-order valence-electron chi connectivity index (χ3n) is 3.24. The van der Waals surface area contributed by atoms with E-state index in [9.17, 15) is 4.79 Å². The molecule has 8 nitrogen and oxygen atoms in total. The van der Waals surface area contributed by atoms with Gasteiger partial charge in [-0.1, -0.05) is 23.4 Å². The summed E-state index contributed by atoms with van der Waals surface area (Å²) in [7, 11) is 0. The first kappa shape index (κ1) is 14.7. The van der Waals surface area contributed by atoms with Crippen molar-refractivity contribution in [1.82, 2.24) is 30.4 Å². The molecule has 0 saturated carbocycles. The molecule has 23 heavy (non-hydrogen) atoms. The summed E-state index contributed by atoms with van der Waals surface area (Å²) in [5.41, 5.74) is 3.75. The van der Waals surface area contributed by atoms with Gasteiger partial charge >= 0.3 is 0 Å². The zero-order chi connectivity index (χ0) is 16.2. The third-order valence-corrected chi connectivity index (χ3v) is 3.24. The number of H-pyrrole nitrogens is 1. The molecule has 3 rings (SSSR count). The van der Waals surface area contributed by atoms with E-state index in [-0.39, 0.29) is 6.04 Å². The number of benzene rings is 1. The second-order valence-corrected chi connectivity index (χ2v) is 4.75. The van der Waals surface area contributed by atoms with Gasteiger partial charge in [0, 0.05) is 6.08 Å². The zero-order valence-corrected chi connectivity index (χ0v) is 12.0. The SMILES string of the molecule is C=CC(c1nc2ccccc2[nH]1)n1cc(/C=C/C(=O)NO)nn1. The molecule has 1 unspecified atom stereocenters. The fourth-order valence-corrected chi connectivity index (χ4v) is 2.16. The summed E-state index contributed by atoms with van der Waals surface area (Å²) < 4.78 is 1.58. The Morgan fingerprint density at radius 3 is 3.00 bits per heavy atom. The number of carbonyl (C=O) groups is 1. The lowest BCUT2D eigenvalue weighted by Crippen LogP contribution is -2.14. The zero-order valence-electron chi connectivity index (χ0n) is 12.0. The molecule has 0 radical (unpaired) electrons. The fraction of sp³-hybridized carbons (Fsp3) is 0.0667. The second kappa shape index (κ2) is 6.24. The van der Waals surface area contributed by atoms with E-state index in [0.717, 1.165) is 17.1 Å². The highest BCUT2D eigenvalue weighted by Crippen LogP contribution is 2.20. The van der Waals surface area contributed by atoms with Gasteiger partial charge < -0.3 is 4.98 Å². The molecule has 116 valence electrons. The van der Waals surface area contributed by atoms with Crippen LogP contribution in [0.5, 0.6) is 0 Å². The summed E-state index contributed by atoms with van der Waals surface area (Å²) >= 11 is 0. The van der Waals surface area contributed by atoms with Crippen LogP contribution in [0.4, 0.5) is 0 Å². The Morgan fingerprint density at radius 1 is 1.43 bits per heavy atom. The highest BCUT2D eigenvalue weighted by molar-refractivity contribution is 5.90. The molecule has 3 aromatic rings. The highest BCUT2D eigenvalue weighted by Gasteiger charge is 2.16. The van der Waals surface area contributed by atoms with Gasteiger partial charge in [0.15, 0.2) is 0 Å². The van der Waals surface area contributed by atoms with Crippen LogP contribution in [-0.4, -0.2) is 36.1 Å². The summed E-state index contributed by atoms with van der Waals surface area (Å²) in [5, 5.41) is 16.4. The summed E-state index contributed by atoms with van der Waals surface area (Å²) in [6.45, 7) is 3.82. The molecule has 0 saturated heterocycles. The molecule has 0 aliphatic carbocycles. The van der Waals surface area contributed by atoms with Crippen LogP contribution in [0.1, 0.15) is 17.6 Å². The van der Waals surface area contributed by atoms with Crippen molar-refractivity contribution in [3.8, 4) is 0 Å². The summed E-state index contributed by atoms with van der Waals surface area (Å²) in [6.07, 6.45) is 5.94. The Labute approximate surface area is 131 Å². The fourth-order valence-electron chi connectivity index (χ4n) is 2.16. The van der Waals surface area contributed by atoms with Gasteiger partial charge in [0.05, 0.1) is 17.2 Å². The van der Waals surface area contributed by atoms with Crippen LogP contribution in [0.3, 0.4) is 0 Å². The molecule has 1 aromatic carbocycles. The van der Waals surface area contributed by atoms with E-state index in [1.807, 2.05) is 24.3 Å². The van der Waals surface area contributed by atoms with Gasteiger partial charge in [0.25, 0.3) is 5.91 Å². The number of aromatic nitrogens is 5. The van der Waals surface area contributed by atoms with Crippen LogP contribution in [-0.2, 0) is 4.79 Å². The number of para-hydroxylation sites is 2. The summed E-state index contributed by atoms with van der Waals surface area (Å²) in [4.78, 5) is 18.7. The average Bonchev–Trinajstić information content (AvgIpc) is 3.20. The Bertz CT molecular complexity index is 846. The van der Waals surface area contributed by atoms with Crippen LogP contribution >= 0.6 is 0 Å². The number of imidazole rings is 1. The minimum Gasteiger partial charge on any atom is -0.340 e. The largest absolute Gasteiger partial charge is 0.340 e. The first-order chi connectivity index (χ1) is 11.2. The average molecular weight is 310 g/mol. The number of hydrogen-bond donors (Lipinski definition) is 3. The molecular formula is C15H14N6O2. The van der Waals surface area contributed by atoms with Gasteiger partial charge in [0.2, 0.25) is 0 Å². The standard InChI is InChI=1S/C15H14N6O2/c1-2-13(15-16-11-5-3-4-6-12(11)17-15)21-9-10(18-20-21)7-8-14(22)19-23/h2-9,13,23H,1H2,(H,16,17)(H,19,22)/b8-7+. The first-order valence-electron chi connectivity index (χ1n) is 6.82. The first-order valence-corrected chi connectivity index (χ1v) is 6.82.